The maximum absolute atomic E-state index is 5.42. The van der Waals surface area contributed by atoms with Crippen molar-refractivity contribution in [2.75, 3.05) is 49.6 Å². The van der Waals surface area contributed by atoms with Crippen molar-refractivity contribution in [3.05, 3.63) is 36.5 Å². The molecule has 2 aliphatic rings. The van der Waals surface area contributed by atoms with Gasteiger partial charge in [-0.1, -0.05) is 6.07 Å². The van der Waals surface area contributed by atoms with Crippen LogP contribution in [0.2, 0.25) is 0 Å². The maximum atomic E-state index is 5.42. The molecule has 25 heavy (non-hydrogen) atoms. The minimum atomic E-state index is 0.441. The van der Waals surface area contributed by atoms with Crippen molar-refractivity contribution in [1.82, 2.24) is 15.3 Å². The normalized spacial score (nSPS) is 19.0. The summed E-state index contributed by atoms with van der Waals surface area (Å²) in [5, 5.41) is 6.91. The number of piperazine rings is 1. The molecule has 6 nitrogen and oxygen atoms in total. The van der Waals surface area contributed by atoms with E-state index in [4.69, 9.17) is 9.72 Å². The molecular weight excluding hydrogens is 314 g/mol. The largest absolute Gasteiger partial charge is 0.381 e. The van der Waals surface area contributed by atoms with Gasteiger partial charge in [0.15, 0.2) is 0 Å². The molecule has 2 saturated heterocycles. The number of ether oxygens (including phenoxy) is 1. The van der Waals surface area contributed by atoms with Gasteiger partial charge in [0.2, 0.25) is 0 Å². The smallest absolute Gasteiger partial charge is 0.129 e. The Kier molecular flexibility index (Phi) is 5.09. The molecule has 2 N–H and O–H groups in total. The highest BCUT2D eigenvalue weighted by molar-refractivity contribution is 5.64. The zero-order valence-corrected chi connectivity index (χ0v) is 14.4. The van der Waals surface area contributed by atoms with Crippen LogP contribution in [-0.2, 0) is 4.74 Å². The lowest BCUT2D eigenvalue weighted by Crippen LogP contribution is -2.43. The second kappa shape index (κ2) is 7.80. The Morgan fingerprint density at radius 2 is 1.96 bits per heavy atom. The first kappa shape index (κ1) is 16.3. The third kappa shape index (κ3) is 4.08. The summed E-state index contributed by atoms with van der Waals surface area (Å²) in [7, 11) is 0. The molecule has 0 saturated carbocycles. The first-order valence-electron chi connectivity index (χ1n) is 9.12. The molecule has 2 aromatic rings. The van der Waals surface area contributed by atoms with E-state index >= 15 is 0 Å². The third-order valence-corrected chi connectivity index (χ3v) is 4.80. The molecule has 0 spiro atoms. The van der Waals surface area contributed by atoms with E-state index in [1.807, 2.05) is 12.3 Å². The molecule has 0 aliphatic carbocycles. The number of nitrogens with zero attached hydrogens (tertiary/aromatic N) is 3. The Hall–Kier alpha value is -2.18. The van der Waals surface area contributed by atoms with Crippen molar-refractivity contribution in [1.29, 1.82) is 0 Å². The van der Waals surface area contributed by atoms with Gasteiger partial charge in [0.25, 0.3) is 0 Å². The summed E-state index contributed by atoms with van der Waals surface area (Å²) in [6.07, 6.45) is 3.92. The van der Waals surface area contributed by atoms with Crippen LogP contribution in [0.1, 0.15) is 12.8 Å². The van der Waals surface area contributed by atoms with Crippen LogP contribution >= 0.6 is 0 Å². The van der Waals surface area contributed by atoms with Gasteiger partial charge in [0, 0.05) is 57.2 Å². The lowest BCUT2D eigenvalue weighted by molar-refractivity contribution is 0.0904. The second-order valence-corrected chi connectivity index (χ2v) is 6.58. The number of pyridine rings is 2. The number of hydrogen-bond acceptors (Lipinski definition) is 6. The summed E-state index contributed by atoms with van der Waals surface area (Å²) >= 11 is 0. The molecule has 0 atom stereocenters. The molecule has 2 aromatic heterocycles. The van der Waals surface area contributed by atoms with E-state index in [-0.39, 0.29) is 0 Å². The van der Waals surface area contributed by atoms with Crippen molar-refractivity contribution in [3.8, 4) is 11.3 Å². The van der Waals surface area contributed by atoms with E-state index in [0.29, 0.717) is 6.04 Å². The maximum Gasteiger partial charge on any atom is 0.129 e. The molecular formula is C19H25N5O. The Balaban J connectivity index is 1.52. The van der Waals surface area contributed by atoms with Crippen LogP contribution in [0.5, 0.6) is 0 Å². The van der Waals surface area contributed by atoms with Crippen LogP contribution in [0.15, 0.2) is 36.5 Å². The van der Waals surface area contributed by atoms with E-state index < -0.39 is 0 Å². The van der Waals surface area contributed by atoms with Crippen LogP contribution in [0.4, 0.5) is 11.6 Å². The van der Waals surface area contributed by atoms with Crippen molar-refractivity contribution in [3.63, 3.8) is 0 Å². The van der Waals surface area contributed by atoms with Crippen molar-refractivity contribution < 1.29 is 4.74 Å². The van der Waals surface area contributed by atoms with Gasteiger partial charge >= 0.3 is 0 Å². The minimum Gasteiger partial charge on any atom is -0.381 e. The van der Waals surface area contributed by atoms with Gasteiger partial charge < -0.3 is 20.3 Å². The quantitative estimate of drug-likeness (QED) is 0.890. The summed E-state index contributed by atoms with van der Waals surface area (Å²) in [6.45, 7) is 5.69. The molecule has 132 valence electrons. The average molecular weight is 339 g/mol. The molecule has 0 aromatic carbocycles. The van der Waals surface area contributed by atoms with Crippen LogP contribution in [0.3, 0.4) is 0 Å². The van der Waals surface area contributed by atoms with Gasteiger partial charge in [-0.15, -0.1) is 0 Å². The van der Waals surface area contributed by atoms with Crippen LogP contribution in [-0.4, -0.2) is 55.4 Å². The molecule has 4 heterocycles. The molecule has 4 rings (SSSR count). The van der Waals surface area contributed by atoms with Crippen LogP contribution < -0.4 is 15.5 Å². The fraction of sp³-hybridized carbons (Fsp3) is 0.474. The molecule has 0 radical (unpaired) electrons. The highest BCUT2D eigenvalue weighted by Crippen LogP contribution is 2.23. The van der Waals surface area contributed by atoms with Gasteiger partial charge in [-0.05, 0) is 37.1 Å². The van der Waals surface area contributed by atoms with E-state index in [0.717, 1.165) is 75.1 Å². The van der Waals surface area contributed by atoms with Crippen molar-refractivity contribution in [2.45, 2.75) is 18.9 Å². The number of hydrogen-bond donors (Lipinski definition) is 2. The minimum absolute atomic E-state index is 0.441. The SMILES string of the molecule is c1cc(-c2ccnc(NC3CCOCC3)c2)nc(N2CCNCC2)c1. The topological polar surface area (TPSA) is 62.3 Å². The van der Waals surface area contributed by atoms with Gasteiger partial charge in [0.1, 0.15) is 11.6 Å². The molecule has 2 fully saturated rings. The molecule has 0 unspecified atom stereocenters. The predicted octanol–water partition coefficient (Wildman–Crippen LogP) is 2.14. The summed E-state index contributed by atoms with van der Waals surface area (Å²) in [5.41, 5.74) is 2.09. The molecule has 2 aliphatic heterocycles. The van der Waals surface area contributed by atoms with Gasteiger partial charge in [-0.3, -0.25) is 0 Å². The Morgan fingerprint density at radius 3 is 2.80 bits per heavy atom. The highest BCUT2D eigenvalue weighted by atomic mass is 16.5. The predicted molar refractivity (Wildman–Crippen MR) is 100 cm³/mol. The summed E-state index contributed by atoms with van der Waals surface area (Å²) in [6, 6.07) is 10.8. The fourth-order valence-electron chi connectivity index (χ4n) is 3.37. The van der Waals surface area contributed by atoms with Crippen molar-refractivity contribution >= 4 is 11.6 Å². The van der Waals surface area contributed by atoms with Gasteiger partial charge in [-0.2, -0.15) is 0 Å². The van der Waals surface area contributed by atoms with E-state index in [1.54, 1.807) is 0 Å². The van der Waals surface area contributed by atoms with Crippen LogP contribution in [0.25, 0.3) is 11.3 Å². The molecule has 6 heteroatoms. The fourth-order valence-corrected chi connectivity index (χ4v) is 3.37. The Bertz CT molecular complexity index is 696. The Labute approximate surface area is 148 Å². The summed E-state index contributed by atoms with van der Waals surface area (Å²) in [5.74, 6) is 1.97. The second-order valence-electron chi connectivity index (χ2n) is 6.58. The summed E-state index contributed by atoms with van der Waals surface area (Å²) < 4.78 is 5.42. The lowest BCUT2D eigenvalue weighted by Gasteiger charge is -2.28. The lowest BCUT2D eigenvalue weighted by atomic mass is 10.1. The summed E-state index contributed by atoms with van der Waals surface area (Å²) in [4.78, 5) is 11.7. The van der Waals surface area contributed by atoms with E-state index in [2.05, 4.69) is 44.8 Å². The zero-order chi connectivity index (χ0) is 16.9. The van der Waals surface area contributed by atoms with Gasteiger partial charge in [0.05, 0.1) is 5.69 Å². The first-order chi connectivity index (χ1) is 12.4. The van der Waals surface area contributed by atoms with Gasteiger partial charge in [-0.25, -0.2) is 9.97 Å². The molecule has 0 amide bonds. The number of rotatable bonds is 4. The number of anilines is 2. The third-order valence-electron chi connectivity index (χ3n) is 4.80. The highest BCUT2D eigenvalue weighted by Gasteiger charge is 2.15. The first-order valence-corrected chi connectivity index (χ1v) is 9.12. The standard InChI is InChI=1S/C19H25N5O/c1-2-17(23-19(3-1)24-10-8-20-9-11-24)15-4-7-21-18(14-15)22-16-5-12-25-13-6-16/h1-4,7,14,16,20H,5-6,8-13H2,(H,21,22). The van der Waals surface area contributed by atoms with Crippen molar-refractivity contribution in [2.24, 2.45) is 0 Å². The Morgan fingerprint density at radius 1 is 1.12 bits per heavy atom. The monoisotopic (exact) mass is 339 g/mol. The van der Waals surface area contributed by atoms with Crippen LogP contribution in [0, 0.1) is 0 Å². The number of nitrogens with one attached hydrogen (secondary N) is 2. The zero-order valence-electron chi connectivity index (χ0n) is 14.4. The molecule has 0 bridgehead atoms. The number of aromatic nitrogens is 2. The average Bonchev–Trinajstić information content (AvgIpc) is 2.70. The van der Waals surface area contributed by atoms with E-state index in [1.165, 1.54) is 0 Å². The van der Waals surface area contributed by atoms with E-state index in [9.17, 15) is 0 Å².